The van der Waals surface area contributed by atoms with Gasteiger partial charge in [0.25, 0.3) is 11.8 Å². The molecule has 42 heavy (non-hydrogen) atoms. The molecule has 3 heterocycles. The second-order valence-electron chi connectivity index (χ2n) is 11.0. The van der Waals surface area contributed by atoms with Gasteiger partial charge in [-0.15, -0.1) is 0 Å². The van der Waals surface area contributed by atoms with Gasteiger partial charge in [0.15, 0.2) is 5.82 Å². The van der Waals surface area contributed by atoms with Gasteiger partial charge in [0, 0.05) is 44.8 Å². The third-order valence-corrected chi connectivity index (χ3v) is 8.25. The standard InChI is InChI=1S/C28H36F3N7O4/c1-36-22-15-32-27(35-24(22)38(18-5-3-4-6-18)16-28(30,31)26(36)41)34-21-14-20(29)19(13-23(21)42-2)25(40)33-17-7-9-37(10-8-17)11-12-39/h13-15,17-18,39H,3-12,16H2,1-2H3,(H,33,40)(H,32,34,35). The number of ether oxygens (including phenoxy) is 1. The van der Waals surface area contributed by atoms with Crippen molar-refractivity contribution in [3.8, 4) is 5.75 Å². The van der Waals surface area contributed by atoms with Gasteiger partial charge in [0.1, 0.15) is 17.3 Å². The molecule has 14 heteroatoms. The van der Waals surface area contributed by atoms with Crippen LogP contribution in [0.5, 0.6) is 5.75 Å². The predicted octanol–water partition coefficient (Wildman–Crippen LogP) is 2.92. The van der Waals surface area contributed by atoms with Crippen molar-refractivity contribution in [3.63, 3.8) is 0 Å². The van der Waals surface area contributed by atoms with E-state index >= 15 is 4.39 Å². The molecule has 0 radical (unpaired) electrons. The molecule has 11 nitrogen and oxygen atoms in total. The van der Waals surface area contributed by atoms with Crippen LogP contribution in [0.3, 0.4) is 0 Å². The molecule has 2 fully saturated rings. The number of benzene rings is 1. The fourth-order valence-electron chi connectivity index (χ4n) is 5.92. The topological polar surface area (TPSA) is 123 Å². The number of hydrogen-bond donors (Lipinski definition) is 3. The summed E-state index contributed by atoms with van der Waals surface area (Å²) in [5.41, 5.74) is 0.106. The van der Waals surface area contributed by atoms with Crippen molar-refractivity contribution >= 4 is 35.0 Å². The number of carbonyl (C=O) groups excluding carboxylic acids is 2. The van der Waals surface area contributed by atoms with E-state index in [1.807, 2.05) is 0 Å². The van der Waals surface area contributed by atoms with Crippen molar-refractivity contribution in [1.82, 2.24) is 20.2 Å². The van der Waals surface area contributed by atoms with Crippen LogP contribution >= 0.6 is 0 Å². The molecule has 3 aliphatic rings. The minimum Gasteiger partial charge on any atom is -0.495 e. The molecule has 0 spiro atoms. The number of nitrogens with zero attached hydrogens (tertiary/aromatic N) is 5. The normalized spacial score (nSPS) is 19.9. The number of carbonyl (C=O) groups is 2. The summed E-state index contributed by atoms with van der Waals surface area (Å²) in [6.45, 7) is 1.30. The number of nitrogens with one attached hydrogen (secondary N) is 2. The Morgan fingerprint density at radius 1 is 1.19 bits per heavy atom. The highest BCUT2D eigenvalue weighted by Gasteiger charge is 2.48. The summed E-state index contributed by atoms with van der Waals surface area (Å²) in [6, 6.07) is 2.06. The Morgan fingerprint density at radius 2 is 1.90 bits per heavy atom. The molecule has 0 bridgehead atoms. The summed E-state index contributed by atoms with van der Waals surface area (Å²) in [5, 5.41) is 14.9. The summed E-state index contributed by atoms with van der Waals surface area (Å²) in [4.78, 5) is 38.6. The Balaban J connectivity index is 1.38. The number of aromatic nitrogens is 2. The largest absolute Gasteiger partial charge is 0.495 e. The summed E-state index contributed by atoms with van der Waals surface area (Å²) in [5.74, 6) is -5.96. The fourth-order valence-corrected chi connectivity index (χ4v) is 5.92. The van der Waals surface area contributed by atoms with Gasteiger partial charge in [-0.1, -0.05) is 12.8 Å². The van der Waals surface area contributed by atoms with E-state index < -0.39 is 30.1 Å². The first-order valence-electron chi connectivity index (χ1n) is 14.2. The summed E-state index contributed by atoms with van der Waals surface area (Å²) in [7, 11) is 2.64. The van der Waals surface area contributed by atoms with Gasteiger partial charge in [0.05, 0.1) is 37.7 Å². The van der Waals surface area contributed by atoms with Crippen LogP contribution in [0.1, 0.15) is 48.9 Å². The van der Waals surface area contributed by atoms with E-state index in [0.717, 1.165) is 36.9 Å². The van der Waals surface area contributed by atoms with Gasteiger partial charge in [-0.2, -0.15) is 13.8 Å². The Hall–Kier alpha value is -3.65. The van der Waals surface area contributed by atoms with E-state index in [0.29, 0.717) is 32.2 Å². The lowest BCUT2D eigenvalue weighted by atomic mass is 10.0. The number of fused-ring (bicyclic) bond motifs is 1. The van der Waals surface area contributed by atoms with Crippen LogP contribution in [0.25, 0.3) is 0 Å². The number of methoxy groups -OCH3 is 1. The number of halogens is 3. The Bertz CT molecular complexity index is 1320. The maximum atomic E-state index is 15.2. The molecule has 3 N–H and O–H groups in total. The van der Waals surface area contributed by atoms with Crippen LogP contribution in [0.4, 0.5) is 36.3 Å². The number of aliphatic hydroxyl groups is 1. The number of piperidine rings is 1. The van der Waals surface area contributed by atoms with Gasteiger partial charge in [-0.3, -0.25) is 9.59 Å². The fraction of sp³-hybridized carbons (Fsp3) is 0.571. The van der Waals surface area contributed by atoms with Gasteiger partial charge in [-0.05, 0) is 31.7 Å². The zero-order valence-corrected chi connectivity index (χ0v) is 23.7. The molecule has 2 aliphatic heterocycles. The van der Waals surface area contributed by atoms with Crippen molar-refractivity contribution < 1.29 is 32.6 Å². The molecular weight excluding hydrogens is 555 g/mol. The summed E-state index contributed by atoms with van der Waals surface area (Å²) >= 11 is 0. The van der Waals surface area contributed by atoms with Crippen molar-refractivity contribution in [2.45, 2.75) is 56.5 Å². The molecule has 2 aromatic rings. The number of alkyl halides is 2. The number of anilines is 4. The highest BCUT2D eigenvalue weighted by molar-refractivity contribution is 6.02. The number of likely N-dealkylation sites (tertiary alicyclic amines) is 1. The average Bonchev–Trinajstić information content (AvgIpc) is 3.49. The molecule has 1 aliphatic carbocycles. The first-order chi connectivity index (χ1) is 20.1. The van der Waals surface area contributed by atoms with Crippen LogP contribution in [0.15, 0.2) is 18.3 Å². The molecular formula is C28H36F3N7O4. The molecule has 228 valence electrons. The molecule has 5 rings (SSSR count). The second kappa shape index (κ2) is 12.3. The van der Waals surface area contributed by atoms with E-state index in [4.69, 9.17) is 9.84 Å². The number of aliphatic hydroxyl groups excluding tert-OH is 1. The number of β-amino-alcohol motifs (C(OH)–C–C–N with tert-alkyl or cyclic N) is 1. The van der Waals surface area contributed by atoms with Crippen LogP contribution in [0.2, 0.25) is 0 Å². The predicted molar refractivity (Wildman–Crippen MR) is 150 cm³/mol. The van der Waals surface area contributed by atoms with Gasteiger partial charge in [0.2, 0.25) is 5.95 Å². The average molecular weight is 592 g/mol. The SMILES string of the molecule is COc1cc(C(=O)NC2CCN(CCO)CC2)c(F)cc1Nc1ncc2c(n1)N(C1CCCC1)CC(F)(F)C(=O)N2C. The Morgan fingerprint density at radius 3 is 2.57 bits per heavy atom. The van der Waals surface area contributed by atoms with Gasteiger partial charge in [-0.25, -0.2) is 9.37 Å². The highest BCUT2D eigenvalue weighted by atomic mass is 19.3. The van der Waals surface area contributed by atoms with Crippen molar-refractivity contribution in [1.29, 1.82) is 0 Å². The monoisotopic (exact) mass is 591 g/mol. The molecule has 1 aromatic carbocycles. The summed E-state index contributed by atoms with van der Waals surface area (Å²) < 4.78 is 50.4. The van der Waals surface area contributed by atoms with Crippen LogP contribution < -0.4 is 25.2 Å². The Labute approximate surface area is 242 Å². The molecule has 0 atom stereocenters. The van der Waals surface area contributed by atoms with Crippen molar-refractivity contribution in [2.75, 3.05) is 62.1 Å². The number of rotatable bonds is 8. The Kier molecular flexibility index (Phi) is 8.73. The highest BCUT2D eigenvalue weighted by Crippen LogP contribution is 2.40. The van der Waals surface area contributed by atoms with Crippen LogP contribution in [-0.2, 0) is 4.79 Å². The first-order valence-corrected chi connectivity index (χ1v) is 14.2. The van der Waals surface area contributed by atoms with E-state index in [1.165, 1.54) is 31.3 Å². The number of hydrogen-bond acceptors (Lipinski definition) is 9. The van der Waals surface area contributed by atoms with Crippen LogP contribution in [-0.4, -0.2) is 96.7 Å². The maximum Gasteiger partial charge on any atom is 0.342 e. The lowest BCUT2D eigenvalue weighted by Crippen LogP contribution is -2.48. The lowest BCUT2D eigenvalue weighted by Gasteiger charge is -2.31. The zero-order valence-electron chi connectivity index (χ0n) is 23.7. The van der Waals surface area contributed by atoms with E-state index in [1.54, 1.807) is 0 Å². The minimum absolute atomic E-state index is 0.00708. The zero-order chi connectivity index (χ0) is 30.0. The molecule has 2 amide bonds. The summed E-state index contributed by atoms with van der Waals surface area (Å²) in [6.07, 6.45) is 5.84. The van der Waals surface area contributed by atoms with Crippen molar-refractivity contribution in [3.05, 3.63) is 29.7 Å². The van der Waals surface area contributed by atoms with Gasteiger partial charge >= 0.3 is 5.92 Å². The molecule has 0 unspecified atom stereocenters. The molecule has 1 saturated carbocycles. The van der Waals surface area contributed by atoms with E-state index in [-0.39, 0.29) is 53.1 Å². The minimum atomic E-state index is -3.61. The second-order valence-corrected chi connectivity index (χ2v) is 11.0. The maximum absolute atomic E-state index is 15.2. The van der Waals surface area contributed by atoms with E-state index in [9.17, 15) is 18.4 Å². The smallest absolute Gasteiger partial charge is 0.342 e. The van der Waals surface area contributed by atoms with Crippen LogP contribution in [0, 0.1) is 5.82 Å². The lowest BCUT2D eigenvalue weighted by molar-refractivity contribution is -0.140. The third-order valence-electron chi connectivity index (χ3n) is 8.25. The number of amides is 2. The third kappa shape index (κ3) is 6.09. The van der Waals surface area contributed by atoms with Gasteiger partial charge < -0.3 is 35.2 Å². The quantitative estimate of drug-likeness (QED) is 0.425. The molecule has 1 aromatic heterocycles. The van der Waals surface area contributed by atoms with E-state index in [2.05, 4.69) is 25.5 Å². The first kappa shape index (κ1) is 29.8. The van der Waals surface area contributed by atoms with Crippen molar-refractivity contribution in [2.24, 2.45) is 0 Å². The molecule has 1 saturated heterocycles.